The molecule has 2 aromatic rings. The number of alkyl halides is 1. The lowest BCUT2D eigenvalue weighted by Gasteiger charge is -2.23. The first-order valence-corrected chi connectivity index (χ1v) is 8.41. The Hall–Kier alpha value is -2.34. The van der Waals surface area contributed by atoms with Crippen LogP contribution in [0.3, 0.4) is 0 Å². The molecule has 1 aromatic carbocycles. The van der Waals surface area contributed by atoms with Crippen LogP contribution in [-0.4, -0.2) is 27.5 Å². The van der Waals surface area contributed by atoms with Gasteiger partial charge in [-0.3, -0.25) is 19.2 Å². The molecule has 6 nitrogen and oxygen atoms in total. The summed E-state index contributed by atoms with van der Waals surface area (Å²) >= 11 is 5.71. The van der Waals surface area contributed by atoms with Crippen LogP contribution in [-0.2, 0) is 11.8 Å². The Kier molecular flexibility index (Phi) is 4.57. The molecule has 1 aliphatic rings. The SMILES string of the molecule is Cc1nn(C)c2c1N(C(=O)CCCCCl)c1ccccc1NC2=O. The van der Waals surface area contributed by atoms with Gasteiger partial charge in [0.2, 0.25) is 5.91 Å². The third-order valence-electron chi connectivity index (χ3n) is 4.05. The van der Waals surface area contributed by atoms with E-state index in [9.17, 15) is 9.59 Å². The highest BCUT2D eigenvalue weighted by molar-refractivity contribution is 6.18. The Morgan fingerprint density at radius 3 is 2.79 bits per heavy atom. The monoisotopic (exact) mass is 346 g/mol. The largest absolute Gasteiger partial charge is 0.319 e. The number of aromatic nitrogens is 2. The molecule has 2 amide bonds. The van der Waals surface area contributed by atoms with Crippen LogP contribution in [0.15, 0.2) is 24.3 Å². The number of fused-ring (bicyclic) bond motifs is 2. The van der Waals surface area contributed by atoms with Crippen molar-refractivity contribution in [3.05, 3.63) is 35.7 Å². The van der Waals surface area contributed by atoms with E-state index < -0.39 is 0 Å². The fraction of sp³-hybridized carbons (Fsp3) is 0.353. The summed E-state index contributed by atoms with van der Waals surface area (Å²) in [4.78, 5) is 27.1. The first-order chi connectivity index (χ1) is 11.5. The maximum Gasteiger partial charge on any atom is 0.276 e. The number of hydrogen-bond acceptors (Lipinski definition) is 3. The van der Waals surface area contributed by atoms with E-state index in [1.807, 2.05) is 18.2 Å². The quantitative estimate of drug-likeness (QED) is 0.681. The Balaban J connectivity index is 2.13. The summed E-state index contributed by atoms with van der Waals surface area (Å²) in [6.07, 6.45) is 1.85. The molecule has 0 saturated carbocycles. The molecular formula is C17H19ClN4O2. The maximum absolute atomic E-state index is 12.9. The Bertz CT molecular complexity index is 800. The van der Waals surface area contributed by atoms with Gasteiger partial charge >= 0.3 is 0 Å². The van der Waals surface area contributed by atoms with Gasteiger partial charge in [0.15, 0.2) is 5.69 Å². The molecule has 0 bridgehead atoms. The number of aryl methyl sites for hydroxylation is 2. The summed E-state index contributed by atoms with van der Waals surface area (Å²) in [5.74, 6) is 0.194. The summed E-state index contributed by atoms with van der Waals surface area (Å²) in [5, 5.41) is 7.20. The molecule has 0 unspecified atom stereocenters. The van der Waals surface area contributed by atoms with Crippen LogP contribution in [0.1, 0.15) is 35.4 Å². The number of carbonyl (C=O) groups excluding carboxylic acids is 2. The van der Waals surface area contributed by atoms with E-state index in [1.54, 1.807) is 24.9 Å². The van der Waals surface area contributed by atoms with Gasteiger partial charge in [-0.15, -0.1) is 11.6 Å². The third-order valence-corrected chi connectivity index (χ3v) is 4.31. The van der Waals surface area contributed by atoms with Crippen LogP contribution in [0.5, 0.6) is 0 Å². The first kappa shape index (κ1) is 16.5. The molecule has 126 valence electrons. The normalized spacial score (nSPS) is 13.1. The Morgan fingerprint density at radius 2 is 2.04 bits per heavy atom. The molecule has 3 rings (SSSR count). The predicted octanol–water partition coefficient (Wildman–Crippen LogP) is 3.37. The zero-order valence-corrected chi connectivity index (χ0v) is 14.4. The highest BCUT2D eigenvalue weighted by atomic mass is 35.5. The Labute approximate surface area is 145 Å². The van der Waals surface area contributed by atoms with Gasteiger partial charge in [-0.25, -0.2) is 0 Å². The minimum Gasteiger partial charge on any atom is -0.319 e. The van der Waals surface area contributed by atoms with Crippen LogP contribution in [0.2, 0.25) is 0 Å². The molecule has 24 heavy (non-hydrogen) atoms. The number of halogens is 1. The minimum absolute atomic E-state index is 0.0681. The molecule has 1 aliphatic heterocycles. The number of amides is 2. The van der Waals surface area contributed by atoms with Crippen molar-refractivity contribution in [3.63, 3.8) is 0 Å². The van der Waals surface area contributed by atoms with Gasteiger partial charge in [0, 0.05) is 19.3 Å². The zero-order chi connectivity index (χ0) is 17.3. The number of unbranched alkanes of at least 4 members (excludes halogenated alkanes) is 1. The van der Waals surface area contributed by atoms with E-state index in [0.29, 0.717) is 47.2 Å². The summed E-state index contributed by atoms with van der Waals surface area (Å²) in [6, 6.07) is 7.30. The number of nitrogens with zero attached hydrogens (tertiary/aromatic N) is 3. The molecule has 0 radical (unpaired) electrons. The lowest BCUT2D eigenvalue weighted by atomic mass is 10.1. The maximum atomic E-state index is 12.9. The van der Waals surface area contributed by atoms with E-state index >= 15 is 0 Å². The van der Waals surface area contributed by atoms with Gasteiger partial charge in [-0.05, 0) is 31.9 Å². The van der Waals surface area contributed by atoms with Crippen LogP contribution < -0.4 is 10.2 Å². The highest BCUT2D eigenvalue weighted by Gasteiger charge is 2.33. The van der Waals surface area contributed by atoms with Crippen molar-refractivity contribution in [1.82, 2.24) is 9.78 Å². The number of rotatable bonds is 4. The molecule has 2 heterocycles. The van der Waals surface area contributed by atoms with Crippen molar-refractivity contribution in [3.8, 4) is 0 Å². The van der Waals surface area contributed by atoms with Crippen molar-refractivity contribution >= 4 is 40.5 Å². The van der Waals surface area contributed by atoms with E-state index in [1.165, 1.54) is 4.68 Å². The third kappa shape index (κ3) is 2.78. The smallest absolute Gasteiger partial charge is 0.276 e. The number of nitrogens with one attached hydrogen (secondary N) is 1. The lowest BCUT2D eigenvalue weighted by Crippen LogP contribution is -2.26. The molecule has 0 fully saturated rings. The van der Waals surface area contributed by atoms with Gasteiger partial charge in [-0.2, -0.15) is 5.10 Å². The van der Waals surface area contributed by atoms with Crippen LogP contribution >= 0.6 is 11.6 Å². The van der Waals surface area contributed by atoms with Crippen molar-refractivity contribution in [2.24, 2.45) is 7.05 Å². The summed E-state index contributed by atoms with van der Waals surface area (Å²) in [7, 11) is 1.71. The van der Waals surface area contributed by atoms with Crippen molar-refractivity contribution in [2.45, 2.75) is 26.2 Å². The van der Waals surface area contributed by atoms with E-state index in [4.69, 9.17) is 11.6 Å². The van der Waals surface area contributed by atoms with Gasteiger partial charge in [0.25, 0.3) is 5.91 Å². The first-order valence-electron chi connectivity index (χ1n) is 7.87. The molecule has 1 N–H and O–H groups in total. The number of anilines is 3. The summed E-state index contributed by atoms with van der Waals surface area (Å²) in [6.45, 7) is 1.80. The second kappa shape index (κ2) is 6.65. The standard InChI is InChI=1S/C17H19ClN4O2/c1-11-15-16(21(2)20-11)17(24)19-12-7-3-4-8-13(12)22(15)14(23)9-5-6-10-18/h3-4,7-8H,5-6,9-10H2,1-2H3,(H,19,24). The fourth-order valence-electron chi connectivity index (χ4n) is 2.99. The zero-order valence-electron chi connectivity index (χ0n) is 13.7. The number of carbonyl (C=O) groups is 2. The van der Waals surface area contributed by atoms with Crippen LogP contribution in [0.25, 0.3) is 0 Å². The van der Waals surface area contributed by atoms with E-state index in [0.717, 1.165) is 6.42 Å². The van der Waals surface area contributed by atoms with Crippen molar-refractivity contribution < 1.29 is 9.59 Å². The van der Waals surface area contributed by atoms with Gasteiger partial charge in [0.05, 0.1) is 17.1 Å². The number of para-hydroxylation sites is 2. The number of hydrogen-bond donors (Lipinski definition) is 1. The average Bonchev–Trinajstić information content (AvgIpc) is 2.76. The lowest BCUT2D eigenvalue weighted by molar-refractivity contribution is -0.118. The van der Waals surface area contributed by atoms with Crippen molar-refractivity contribution in [1.29, 1.82) is 0 Å². The highest BCUT2D eigenvalue weighted by Crippen LogP contribution is 2.39. The summed E-state index contributed by atoms with van der Waals surface area (Å²) in [5.41, 5.74) is 2.86. The molecule has 1 aromatic heterocycles. The second-order valence-corrected chi connectivity index (χ2v) is 6.13. The molecule has 0 saturated heterocycles. The molecule has 0 atom stereocenters. The van der Waals surface area contributed by atoms with Gasteiger partial charge < -0.3 is 5.32 Å². The fourth-order valence-corrected chi connectivity index (χ4v) is 3.18. The topological polar surface area (TPSA) is 67.2 Å². The second-order valence-electron chi connectivity index (χ2n) is 5.75. The van der Waals surface area contributed by atoms with Crippen molar-refractivity contribution in [2.75, 3.05) is 16.1 Å². The van der Waals surface area contributed by atoms with Crippen LogP contribution in [0, 0.1) is 6.92 Å². The Morgan fingerprint density at radius 1 is 1.29 bits per heavy atom. The van der Waals surface area contributed by atoms with E-state index in [2.05, 4.69) is 10.4 Å². The molecular weight excluding hydrogens is 328 g/mol. The molecule has 0 spiro atoms. The van der Waals surface area contributed by atoms with Gasteiger partial charge in [-0.1, -0.05) is 12.1 Å². The number of benzene rings is 1. The predicted molar refractivity (Wildman–Crippen MR) is 94.1 cm³/mol. The van der Waals surface area contributed by atoms with E-state index in [-0.39, 0.29) is 11.8 Å². The molecule has 0 aliphatic carbocycles. The van der Waals surface area contributed by atoms with Gasteiger partial charge in [0.1, 0.15) is 5.69 Å². The van der Waals surface area contributed by atoms with Crippen LogP contribution in [0.4, 0.5) is 17.1 Å². The molecule has 7 heteroatoms. The average molecular weight is 347 g/mol. The summed E-state index contributed by atoms with van der Waals surface area (Å²) < 4.78 is 1.52. The minimum atomic E-state index is -0.267.